The van der Waals surface area contributed by atoms with E-state index in [0.717, 1.165) is 17.7 Å². The summed E-state index contributed by atoms with van der Waals surface area (Å²) in [5, 5.41) is 4.56. The molecule has 2 unspecified atom stereocenters. The lowest BCUT2D eigenvalue weighted by molar-refractivity contribution is -0.121. The topological polar surface area (TPSA) is 103 Å². The zero-order valence-electron chi connectivity index (χ0n) is 18.7. The number of oxime groups is 1. The largest absolute Gasteiger partial charge is 0.433 e. The van der Waals surface area contributed by atoms with E-state index in [1.54, 1.807) is 24.3 Å². The Morgan fingerprint density at radius 3 is 2.47 bits per heavy atom. The van der Waals surface area contributed by atoms with Crippen molar-refractivity contribution < 1.29 is 24.0 Å². The number of nitrogens with two attached hydrogens (primary N) is 1. The second kappa shape index (κ2) is 11.9. The number of benzene rings is 2. The van der Waals surface area contributed by atoms with E-state index in [1.165, 1.54) is 19.7 Å². The van der Waals surface area contributed by atoms with Crippen LogP contribution in [-0.4, -0.2) is 42.8 Å². The summed E-state index contributed by atoms with van der Waals surface area (Å²) in [5.41, 5.74) is 2.02. The maximum Gasteiger partial charge on any atom is 0.417 e. The Morgan fingerprint density at radius 2 is 1.85 bits per heavy atom. The molecular formula is C24H25Cl2N3O5. The highest BCUT2D eigenvalue weighted by molar-refractivity contribution is 6.47. The molecule has 34 heavy (non-hydrogen) atoms. The zero-order chi connectivity index (χ0) is 24.7. The van der Waals surface area contributed by atoms with Crippen LogP contribution < -0.4 is 5.90 Å². The summed E-state index contributed by atoms with van der Waals surface area (Å²) in [5.74, 6) is 6.11. The van der Waals surface area contributed by atoms with Crippen LogP contribution in [0.1, 0.15) is 35.4 Å². The van der Waals surface area contributed by atoms with Crippen LogP contribution in [0.4, 0.5) is 4.79 Å². The number of hydrogen-bond donors (Lipinski definition) is 1. The Kier molecular flexibility index (Phi) is 8.92. The van der Waals surface area contributed by atoms with Gasteiger partial charge in [0.1, 0.15) is 7.11 Å². The highest BCUT2D eigenvalue weighted by Crippen LogP contribution is 2.50. The fourth-order valence-electron chi connectivity index (χ4n) is 3.69. The first-order valence-corrected chi connectivity index (χ1v) is 11.4. The molecule has 0 bridgehead atoms. The number of imide groups is 1. The summed E-state index contributed by atoms with van der Waals surface area (Å²) in [7, 11) is 2.55. The lowest BCUT2D eigenvalue weighted by Crippen LogP contribution is -2.39. The van der Waals surface area contributed by atoms with Crippen molar-refractivity contribution in [1.82, 2.24) is 4.90 Å². The molecule has 1 saturated carbocycles. The number of alkyl halides is 1. The first-order valence-electron chi connectivity index (χ1n) is 10.4. The molecular weight excluding hydrogens is 481 g/mol. The lowest BCUT2D eigenvalue weighted by Gasteiger charge is -2.17. The van der Waals surface area contributed by atoms with E-state index in [9.17, 15) is 9.59 Å². The molecule has 10 heteroatoms. The second-order valence-electron chi connectivity index (χ2n) is 7.63. The van der Waals surface area contributed by atoms with Gasteiger partial charge in [-0.2, -0.15) is 5.90 Å². The van der Waals surface area contributed by atoms with Crippen molar-refractivity contribution >= 4 is 46.7 Å². The SMILES string of the molecule is CON=C(C(=O)N(C)C(=O)OCCl)c1ccccc1C(=CCC1CC1c1ccc(Cl)cc1)ON. The van der Waals surface area contributed by atoms with Gasteiger partial charge in [-0.3, -0.25) is 4.79 Å². The van der Waals surface area contributed by atoms with Gasteiger partial charge in [0.25, 0.3) is 5.91 Å². The van der Waals surface area contributed by atoms with Gasteiger partial charge in [-0.1, -0.05) is 64.8 Å². The second-order valence-corrected chi connectivity index (χ2v) is 8.28. The number of amides is 2. The van der Waals surface area contributed by atoms with Crippen molar-refractivity contribution in [2.45, 2.75) is 18.8 Å². The van der Waals surface area contributed by atoms with Crippen LogP contribution in [0.3, 0.4) is 0 Å². The van der Waals surface area contributed by atoms with Crippen LogP contribution >= 0.6 is 23.2 Å². The summed E-state index contributed by atoms with van der Waals surface area (Å²) >= 11 is 11.4. The molecule has 3 rings (SSSR count). The third-order valence-electron chi connectivity index (χ3n) is 5.54. The van der Waals surface area contributed by atoms with Crippen molar-refractivity contribution in [2.24, 2.45) is 17.0 Å². The fraction of sp³-hybridized carbons (Fsp3) is 0.292. The van der Waals surface area contributed by atoms with Crippen LogP contribution in [0.2, 0.25) is 5.02 Å². The molecule has 0 spiro atoms. The van der Waals surface area contributed by atoms with Gasteiger partial charge in [0.05, 0.1) is 0 Å². The van der Waals surface area contributed by atoms with E-state index >= 15 is 0 Å². The van der Waals surface area contributed by atoms with Gasteiger partial charge < -0.3 is 14.4 Å². The quantitative estimate of drug-likeness (QED) is 0.225. The number of hydrogen-bond acceptors (Lipinski definition) is 7. The predicted molar refractivity (Wildman–Crippen MR) is 130 cm³/mol. The Balaban J connectivity index is 1.84. The monoisotopic (exact) mass is 505 g/mol. The van der Waals surface area contributed by atoms with Gasteiger partial charge in [0.15, 0.2) is 17.5 Å². The van der Waals surface area contributed by atoms with Crippen LogP contribution in [0.5, 0.6) is 0 Å². The fourth-order valence-corrected chi connectivity index (χ4v) is 3.91. The Labute approximate surface area is 207 Å². The van der Waals surface area contributed by atoms with Crippen molar-refractivity contribution in [1.29, 1.82) is 0 Å². The van der Waals surface area contributed by atoms with Crippen LogP contribution in [0.15, 0.2) is 59.8 Å². The Bertz CT molecular complexity index is 1090. The first-order chi connectivity index (χ1) is 16.4. The molecule has 0 aromatic heterocycles. The number of ether oxygens (including phenoxy) is 1. The van der Waals surface area contributed by atoms with Gasteiger partial charge >= 0.3 is 6.09 Å². The highest BCUT2D eigenvalue weighted by atomic mass is 35.5. The molecule has 8 nitrogen and oxygen atoms in total. The normalized spacial score (nSPS) is 17.7. The summed E-state index contributed by atoms with van der Waals surface area (Å²) in [4.78, 5) is 35.8. The smallest absolute Gasteiger partial charge is 0.417 e. The third kappa shape index (κ3) is 6.08. The van der Waals surface area contributed by atoms with Crippen molar-refractivity contribution in [2.75, 3.05) is 20.2 Å². The summed E-state index contributed by atoms with van der Waals surface area (Å²) in [6, 6.07) is 14.4. The molecule has 0 radical (unpaired) electrons. The minimum absolute atomic E-state index is 0.125. The molecule has 1 fully saturated rings. The molecule has 2 aromatic rings. The zero-order valence-corrected chi connectivity index (χ0v) is 20.3. The first kappa shape index (κ1) is 25.6. The maximum absolute atomic E-state index is 13.0. The Morgan fingerprint density at radius 1 is 1.18 bits per heavy atom. The minimum Gasteiger partial charge on any atom is -0.433 e. The van der Waals surface area contributed by atoms with Crippen molar-refractivity contribution in [3.8, 4) is 0 Å². The van der Waals surface area contributed by atoms with E-state index < -0.39 is 18.1 Å². The average molecular weight is 506 g/mol. The molecule has 0 heterocycles. The van der Waals surface area contributed by atoms with Gasteiger partial charge in [0.2, 0.25) is 0 Å². The third-order valence-corrected chi connectivity index (χ3v) is 5.90. The molecule has 180 valence electrons. The number of allylic oxidation sites excluding steroid dienone is 1. The predicted octanol–water partition coefficient (Wildman–Crippen LogP) is 4.91. The summed E-state index contributed by atoms with van der Waals surface area (Å²) in [6.45, 7) is 0. The molecule has 2 atom stereocenters. The van der Waals surface area contributed by atoms with E-state index in [4.69, 9.17) is 38.8 Å². The molecule has 0 saturated heterocycles. The number of nitrogens with zero attached hydrogens (tertiary/aromatic N) is 2. The van der Waals surface area contributed by atoms with Gasteiger partial charge in [-0.25, -0.2) is 9.69 Å². The standard InChI is InChI=1S/C24H25Cl2N3O5/c1-29(24(31)33-14-25)23(30)22(28-32-2)19-6-4-3-5-18(19)21(34-27)12-9-16-13-20(16)15-7-10-17(26)11-8-15/h3-8,10-12,16,20H,9,13-14,27H2,1-2H3. The van der Waals surface area contributed by atoms with Crippen molar-refractivity contribution in [3.63, 3.8) is 0 Å². The molecule has 0 aliphatic heterocycles. The Hall–Kier alpha value is -3.07. The van der Waals surface area contributed by atoms with Crippen LogP contribution in [-0.2, 0) is 19.2 Å². The molecule has 2 amide bonds. The van der Waals surface area contributed by atoms with E-state index in [1.807, 2.05) is 30.3 Å². The number of halogens is 2. The maximum atomic E-state index is 13.0. The molecule has 2 aromatic carbocycles. The average Bonchev–Trinajstić information content (AvgIpc) is 3.62. The van der Waals surface area contributed by atoms with Crippen LogP contribution in [0, 0.1) is 5.92 Å². The van der Waals surface area contributed by atoms with Crippen molar-refractivity contribution in [3.05, 3.63) is 76.3 Å². The molecule has 1 aliphatic rings. The minimum atomic E-state index is -0.922. The number of carbonyl (C=O) groups excluding carboxylic acids is 2. The van der Waals surface area contributed by atoms with Gasteiger partial charge in [0, 0.05) is 23.2 Å². The number of rotatable bonds is 9. The number of carbonyl (C=O) groups is 2. The summed E-state index contributed by atoms with van der Waals surface area (Å²) in [6.07, 6.45) is 2.73. The van der Waals surface area contributed by atoms with E-state index in [0.29, 0.717) is 33.7 Å². The van der Waals surface area contributed by atoms with Gasteiger partial charge in [-0.15, -0.1) is 0 Å². The van der Waals surface area contributed by atoms with E-state index in [-0.39, 0.29) is 5.71 Å². The molecule has 2 N–H and O–H groups in total. The molecule has 1 aliphatic carbocycles. The van der Waals surface area contributed by atoms with Crippen LogP contribution in [0.25, 0.3) is 5.76 Å². The lowest BCUT2D eigenvalue weighted by atomic mass is 9.99. The van der Waals surface area contributed by atoms with Gasteiger partial charge in [-0.05, 0) is 48.4 Å². The highest BCUT2D eigenvalue weighted by Gasteiger charge is 2.37. The number of likely N-dealkylation sites (N-methyl/N-ethyl adjacent to an activating group) is 1. The van der Waals surface area contributed by atoms with E-state index in [2.05, 4.69) is 9.89 Å². The summed E-state index contributed by atoms with van der Waals surface area (Å²) < 4.78 is 4.69.